The van der Waals surface area contributed by atoms with Gasteiger partial charge in [-0.25, -0.2) is 4.79 Å². The number of likely N-dealkylation sites (tertiary alicyclic amines) is 1. The molecule has 3 aliphatic heterocycles. The van der Waals surface area contributed by atoms with Crippen LogP contribution in [0.2, 0.25) is 0 Å². The normalized spacial score (nSPS) is 25.6. The number of carbonyl (C=O) groups is 4. The van der Waals surface area contributed by atoms with Gasteiger partial charge in [0.1, 0.15) is 11.3 Å². The fourth-order valence-electron chi connectivity index (χ4n) is 6.38. The van der Waals surface area contributed by atoms with E-state index in [-0.39, 0.29) is 17.9 Å². The molecule has 2 aromatic rings. The van der Waals surface area contributed by atoms with E-state index < -0.39 is 35.5 Å². The van der Waals surface area contributed by atoms with Gasteiger partial charge in [-0.3, -0.25) is 24.2 Å². The van der Waals surface area contributed by atoms with Gasteiger partial charge in [0, 0.05) is 12.6 Å². The number of carboxylic acids is 1. The van der Waals surface area contributed by atoms with Gasteiger partial charge in [-0.1, -0.05) is 36.4 Å². The molecular formula is C29H31F3N2O7. The number of amides is 2. The molecule has 3 saturated heterocycles. The topological polar surface area (TPSA) is 113 Å². The first kappa shape index (κ1) is 30.0. The van der Waals surface area contributed by atoms with Crippen LogP contribution in [0.1, 0.15) is 37.8 Å². The number of aliphatic carboxylic acids is 1. The predicted molar refractivity (Wildman–Crippen MR) is 140 cm³/mol. The lowest BCUT2D eigenvalue weighted by molar-refractivity contribution is -0.192. The number of ether oxygens (including phenoxy) is 2. The average molecular weight is 577 g/mol. The van der Waals surface area contributed by atoms with E-state index >= 15 is 0 Å². The second-order valence-electron chi connectivity index (χ2n) is 10.1. The van der Waals surface area contributed by atoms with Crippen molar-refractivity contribution in [3.8, 4) is 16.9 Å². The molecule has 41 heavy (non-hydrogen) atoms. The maximum absolute atomic E-state index is 13.5. The Bertz CT molecular complexity index is 1310. The summed E-state index contributed by atoms with van der Waals surface area (Å²) in [5, 5.41) is 7.12. The number of nitrogens with zero attached hydrogens (tertiary/aromatic N) is 2. The van der Waals surface area contributed by atoms with Gasteiger partial charge in [0.2, 0.25) is 11.8 Å². The van der Waals surface area contributed by atoms with Gasteiger partial charge in [0.15, 0.2) is 0 Å². The highest BCUT2D eigenvalue weighted by Crippen LogP contribution is 2.58. The van der Waals surface area contributed by atoms with Crippen LogP contribution in [0.25, 0.3) is 11.1 Å². The van der Waals surface area contributed by atoms with Gasteiger partial charge < -0.3 is 14.6 Å². The van der Waals surface area contributed by atoms with Crippen LogP contribution in [0.5, 0.6) is 5.75 Å². The number of benzene rings is 2. The van der Waals surface area contributed by atoms with Crippen LogP contribution in [0.3, 0.4) is 0 Å². The van der Waals surface area contributed by atoms with Gasteiger partial charge >= 0.3 is 18.1 Å². The number of piperidine rings is 1. The molecule has 3 aliphatic rings. The molecule has 2 amide bonds. The molecule has 0 radical (unpaired) electrons. The van der Waals surface area contributed by atoms with Crippen LogP contribution < -0.4 is 4.74 Å². The smallest absolute Gasteiger partial charge is 0.490 e. The van der Waals surface area contributed by atoms with E-state index in [1.54, 1.807) is 14.0 Å². The zero-order valence-corrected chi connectivity index (χ0v) is 22.8. The molecule has 0 spiro atoms. The summed E-state index contributed by atoms with van der Waals surface area (Å²) in [5.74, 6) is -4.08. The van der Waals surface area contributed by atoms with Crippen molar-refractivity contribution in [3.05, 3.63) is 54.1 Å². The van der Waals surface area contributed by atoms with Crippen LogP contribution in [-0.2, 0) is 23.9 Å². The number of fused-ring (bicyclic) bond motifs is 3. The second-order valence-corrected chi connectivity index (χ2v) is 10.1. The number of hydrogen-bond acceptors (Lipinski definition) is 7. The van der Waals surface area contributed by atoms with E-state index in [2.05, 4.69) is 4.90 Å². The lowest BCUT2D eigenvalue weighted by atomic mass is 9.75. The Labute approximate surface area is 234 Å². The van der Waals surface area contributed by atoms with E-state index in [0.717, 1.165) is 35.3 Å². The van der Waals surface area contributed by atoms with Crippen molar-refractivity contribution in [2.45, 2.75) is 43.9 Å². The largest absolute Gasteiger partial charge is 0.497 e. The molecule has 1 N–H and O–H groups in total. The highest BCUT2D eigenvalue weighted by atomic mass is 19.4. The van der Waals surface area contributed by atoms with Crippen LogP contribution >= 0.6 is 0 Å². The van der Waals surface area contributed by atoms with Gasteiger partial charge in [-0.2, -0.15) is 13.2 Å². The quantitative estimate of drug-likeness (QED) is 0.419. The molecule has 0 aliphatic carbocycles. The lowest BCUT2D eigenvalue weighted by Crippen LogP contribution is -2.59. The number of esters is 1. The number of carboxylic acid groups (broad SMARTS) is 1. The van der Waals surface area contributed by atoms with E-state index in [1.807, 2.05) is 48.5 Å². The van der Waals surface area contributed by atoms with Crippen molar-refractivity contribution in [1.29, 1.82) is 0 Å². The van der Waals surface area contributed by atoms with E-state index in [1.165, 1.54) is 12.0 Å². The lowest BCUT2D eigenvalue weighted by Gasteiger charge is -2.44. The van der Waals surface area contributed by atoms with Gasteiger partial charge in [-0.05, 0) is 61.6 Å². The second kappa shape index (κ2) is 11.5. The number of alkyl halides is 3. The maximum Gasteiger partial charge on any atom is 0.490 e. The third-order valence-corrected chi connectivity index (χ3v) is 8.13. The van der Waals surface area contributed by atoms with Crippen LogP contribution in [-0.4, -0.2) is 77.7 Å². The molecule has 0 bridgehead atoms. The summed E-state index contributed by atoms with van der Waals surface area (Å²) in [7, 11) is 3.01. The fourth-order valence-corrected chi connectivity index (χ4v) is 6.38. The van der Waals surface area contributed by atoms with Crippen molar-refractivity contribution >= 4 is 23.8 Å². The summed E-state index contributed by atoms with van der Waals surface area (Å²) >= 11 is 0. The molecular weight excluding hydrogens is 545 g/mol. The maximum atomic E-state index is 13.5. The predicted octanol–water partition coefficient (Wildman–Crippen LogP) is 4.07. The van der Waals surface area contributed by atoms with E-state index in [9.17, 15) is 27.6 Å². The number of methoxy groups -OCH3 is 2. The molecule has 2 aromatic carbocycles. The SMILES string of the molecule is CCN1C(=O)C2C(c3ccc(-c4ccc(OC)cc4)cc3)N3CCCC[C@@]3(C(=O)OC)C2C1=O.O=C(O)C(F)(F)F. The molecule has 0 saturated carbocycles. The Morgan fingerprint density at radius 2 is 1.54 bits per heavy atom. The average Bonchev–Trinajstić information content (AvgIpc) is 3.42. The highest BCUT2D eigenvalue weighted by Gasteiger charge is 2.72. The minimum absolute atomic E-state index is 0.181. The summed E-state index contributed by atoms with van der Waals surface area (Å²) in [6.07, 6.45) is -2.82. The molecule has 5 rings (SSSR count). The first-order chi connectivity index (χ1) is 19.4. The van der Waals surface area contributed by atoms with Crippen LogP contribution in [0.15, 0.2) is 48.5 Å². The highest BCUT2D eigenvalue weighted by molar-refractivity contribution is 6.09. The summed E-state index contributed by atoms with van der Waals surface area (Å²) in [6, 6.07) is 15.6. The number of imide groups is 1. The standard InChI is InChI=1S/C27H30N2O5.C2HF3O2/c1-4-28-24(30)21-22(25(28)31)27(26(32)34-3)15-5-6-16-29(27)23(21)19-9-7-17(8-10-19)18-11-13-20(33-2)14-12-18;3-2(4,5)1(6)7/h7-14,21-23H,4-6,15-16H2,1-3H3;(H,6,7)/t21?,22?,23?,27-;/m0./s1. The molecule has 4 atom stereocenters. The third-order valence-electron chi connectivity index (χ3n) is 8.13. The van der Waals surface area contributed by atoms with Gasteiger partial charge in [-0.15, -0.1) is 0 Å². The summed E-state index contributed by atoms with van der Waals surface area (Å²) in [6.45, 7) is 2.77. The number of rotatable bonds is 5. The number of hydrogen-bond donors (Lipinski definition) is 1. The summed E-state index contributed by atoms with van der Waals surface area (Å²) < 4.78 is 42.2. The van der Waals surface area contributed by atoms with E-state index in [0.29, 0.717) is 19.5 Å². The van der Waals surface area contributed by atoms with Crippen molar-refractivity contribution < 1.29 is 46.9 Å². The first-order valence-corrected chi connectivity index (χ1v) is 13.2. The zero-order valence-electron chi connectivity index (χ0n) is 22.8. The van der Waals surface area contributed by atoms with E-state index in [4.69, 9.17) is 19.4 Å². The Morgan fingerprint density at radius 3 is 2.02 bits per heavy atom. The first-order valence-electron chi connectivity index (χ1n) is 13.2. The van der Waals surface area contributed by atoms with Crippen molar-refractivity contribution in [2.24, 2.45) is 11.8 Å². The Morgan fingerprint density at radius 1 is 0.976 bits per heavy atom. The number of carbonyl (C=O) groups excluding carboxylic acids is 3. The molecule has 3 heterocycles. The molecule has 9 nitrogen and oxygen atoms in total. The molecule has 3 fully saturated rings. The van der Waals surface area contributed by atoms with Crippen LogP contribution in [0, 0.1) is 11.8 Å². The van der Waals surface area contributed by atoms with Crippen molar-refractivity contribution in [2.75, 3.05) is 27.3 Å². The molecule has 220 valence electrons. The Kier molecular flexibility index (Phi) is 8.44. The number of halogens is 3. The fraction of sp³-hybridized carbons (Fsp3) is 0.448. The summed E-state index contributed by atoms with van der Waals surface area (Å²) in [5.41, 5.74) is 1.96. The molecule has 0 aromatic heterocycles. The van der Waals surface area contributed by atoms with Gasteiger partial charge in [0.25, 0.3) is 0 Å². The third kappa shape index (κ3) is 5.16. The minimum atomic E-state index is -5.08. The van der Waals surface area contributed by atoms with Crippen molar-refractivity contribution in [3.63, 3.8) is 0 Å². The summed E-state index contributed by atoms with van der Waals surface area (Å²) in [4.78, 5) is 52.5. The van der Waals surface area contributed by atoms with Crippen molar-refractivity contribution in [1.82, 2.24) is 9.80 Å². The molecule has 3 unspecified atom stereocenters. The monoisotopic (exact) mass is 576 g/mol. The zero-order chi connectivity index (χ0) is 30.1. The Hall–Kier alpha value is -3.93. The minimum Gasteiger partial charge on any atom is -0.497 e. The van der Waals surface area contributed by atoms with Crippen LogP contribution in [0.4, 0.5) is 13.2 Å². The van der Waals surface area contributed by atoms with Gasteiger partial charge in [0.05, 0.1) is 26.1 Å². The molecule has 12 heteroatoms. The Balaban J connectivity index is 0.000000493.